The summed E-state index contributed by atoms with van der Waals surface area (Å²) in [5.41, 5.74) is -0.126. The Kier molecular flexibility index (Phi) is 2.30. The lowest BCUT2D eigenvalue weighted by atomic mass is 9.90. The fraction of sp³-hybridized carbons (Fsp3) is 0.909. The molecule has 0 aromatic rings. The lowest BCUT2D eigenvalue weighted by Crippen LogP contribution is -2.30. The molecule has 80 valence electrons. The van der Waals surface area contributed by atoms with Crippen LogP contribution in [-0.4, -0.2) is 35.1 Å². The molecule has 1 saturated carbocycles. The van der Waals surface area contributed by atoms with Crippen molar-refractivity contribution in [3.63, 3.8) is 0 Å². The molecule has 1 aliphatic heterocycles. The number of aliphatic hydroxyl groups is 1. The van der Waals surface area contributed by atoms with Crippen molar-refractivity contribution in [3.8, 4) is 0 Å². The first-order valence-corrected chi connectivity index (χ1v) is 5.45. The number of aliphatic hydroxyl groups excluding tert-OH is 1. The quantitative estimate of drug-likeness (QED) is 0.718. The van der Waals surface area contributed by atoms with Crippen LogP contribution in [0.3, 0.4) is 0 Å². The Morgan fingerprint density at radius 3 is 2.57 bits per heavy atom. The Balaban J connectivity index is 1.90. The number of β-amino-alcohol motifs (C(OH)–C–C–N with tert-alkyl or cyclic N) is 1. The molecule has 2 fully saturated rings. The van der Waals surface area contributed by atoms with Crippen molar-refractivity contribution < 1.29 is 9.90 Å². The van der Waals surface area contributed by atoms with Gasteiger partial charge in [-0.15, -0.1) is 0 Å². The van der Waals surface area contributed by atoms with E-state index in [1.54, 1.807) is 0 Å². The number of likely N-dealkylation sites (tertiary alicyclic amines) is 1. The molecule has 0 aromatic heterocycles. The molecule has 14 heavy (non-hydrogen) atoms. The second kappa shape index (κ2) is 3.23. The lowest BCUT2D eigenvalue weighted by Gasteiger charge is -2.20. The molecule has 3 nitrogen and oxygen atoms in total. The first kappa shape index (κ1) is 9.97. The van der Waals surface area contributed by atoms with Crippen LogP contribution in [0.5, 0.6) is 0 Å². The molecule has 1 atom stereocenters. The van der Waals surface area contributed by atoms with Crippen LogP contribution in [0.1, 0.15) is 33.1 Å². The number of hydrogen-bond acceptors (Lipinski definition) is 2. The average molecular weight is 197 g/mol. The van der Waals surface area contributed by atoms with Crippen LogP contribution in [0.2, 0.25) is 0 Å². The minimum atomic E-state index is -0.356. The lowest BCUT2D eigenvalue weighted by molar-refractivity contribution is -0.131. The Bertz CT molecular complexity index is 246. The number of nitrogens with zero attached hydrogens (tertiary/aromatic N) is 1. The number of carbonyl (C=O) groups is 1. The second-order valence-electron chi connectivity index (χ2n) is 5.43. The smallest absolute Gasteiger partial charge is 0.222 e. The van der Waals surface area contributed by atoms with E-state index in [9.17, 15) is 9.90 Å². The maximum atomic E-state index is 11.7. The number of amides is 1. The Hall–Kier alpha value is -0.570. The SMILES string of the molecule is CC1(C)CN(C(=O)CC2CC2)CC1O. The summed E-state index contributed by atoms with van der Waals surface area (Å²) in [4.78, 5) is 13.6. The van der Waals surface area contributed by atoms with Gasteiger partial charge in [-0.1, -0.05) is 13.8 Å². The molecule has 1 heterocycles. The van der Waals surface area contributed by atoms with Crippen molar-refractivity contribution >= 4 is 5.91 Å². The fourth-order valence-corrected chi connectivity index (χ4v) is 2.01. The first-order valence-electron chi connectivity index (χ1n) is 5.45. The van der Waals surface area contributed by atoms with E-state index in [-0.39, 0.29) is 17.4 Å². The fourth-order valence-electron chi connectivity index (χ4n) is 2.01. The molecule has 3 heteroatoms. The van der Waals surface area contributed by atoms with E-state index < -0.39 is 0 Å². The molecule has 2 aliphatic rings. The molecule has 1 N–H and O–H groups in total. The average Bonchev–Trinajstić information content (AvgIpc) is 2.81. The Labute approximate surface area is 85.1 Å². The summed E-state index contributed by atoms with van der Waals surface area (Å²) in [6.07, 6.45) is 2.77. The van der Waals surface area contributed by atoms with Crippen molar-refractivity contribution in [2.75, 3.05) is 13.1 Å². The summed E-state index contributed by atoms with van der Waals surface area (Å²) in [6.45, 7) is 5.27. The minimum Gasteiger partial charge on any atom is -0.391 e. The van der Waals surface area contributed by atoms with E-state index in [4.69, 9.17) is 0 Å². The normalized spacial score (nSPS) is 30.8. The third-order valence-electron chi connectivity index (χ3n) is 3.41. The van der Waals surface area contributed by atoms with Crippen LogP contribution < -0.4 is 0 Å². The van der Waals surface area contributed by atoms with E-state index in [2.05, 4.69) is 0 Å². The largest absolute Gasteiger partial charge is 0.391 e. The van der Waals surface area contributed by atoms with Crippen LogP contribution >= 0.6 is 0 Å². The predicted octanol–water partition coefficient (Wildman–Crippen LogP) is 1.02. The van der Waals surface area contributed by atoms with Gasteiger partial charge in [0.2, 0.25) is 5.91 Å². The maximum absolute atomic E-state index is 11.7. The van der Waals surface area contributed by atoms with E-state index >= 15 is 0 Å². The molecule has 2 rings (SSSR count). The van der Waals surface area contributed by atoms with Crippen molar-refractivity contribution in [1.82, 2.24) is 4.90 Å². The molecule has 0 radical (unpaired) electrons. The van der Waals surface area contributed by atoms with Crippen molar-refractivity contribution in [3.05, 3.63) is 0 Å². The van der Waals surface area contributed by atoms with Gasteiger partial charge in [0.15, 0.2) is 0 Å². The van der Waals surface area contributed by atoms with Gasteiger partial charge >= 0.3 is 0 Å². The van der Waals surface area contributed by atoms with Crippen molar-refractivity contribution in [1.29, 1.82) is 0 Å². The molecule has 1 unspecified atom stereocenters. The zero-order chi connectivity index (χ0) is 10.3. The Morgan fingerprint density at radius 1 is 1.50 bits per heavy atom. The summed E-state index contributed by atoms with van der Waals surface area (Å²) in [7, 11) is 0. The topological polar surface area (TPSA) is 40.5 Å². The third kappa shape index (κ3) is 1.92. The summed E-state index contributed by atoms with van der Waals surface area (Å²) in [5, 5.41) is 9.73. The summed E-state index contributed by atoms with van der Waals surface area (Å²) < 4.78 is 0. The third-order valence-corrected chi connectivity index (χ3v) is 3.41. The van der Waals surface area contributed by atoms with E-state index in [0.717, 1.165) is 0 Å². The summed E-state index contributed by atoms with van der Waals surface area (Å²) in [6, 6.07) is 0. The Morgan fingerprint density at radius 2 is 2.14 bits per heavy atom. The number of carbonyl (C=O) groups excluding carboxylic acids is 1. The van der Waals surface area contributed by atoms with Crippen molar-refractivity contribution in [2.45, 2.75) is 39.2 Å². The zero-order valence-electron chi connectivity index (χ0n) is 8.99. The van der Waals surface area contributed by atoms with Gasteiger partial charge in [-0.2, -0.15) is 0 Å². The van der Waals surface area contributed by atoms with Crippen LogP contribution in [0.4, 0.5) is 0 Å². The molecule has 1 saturated heterocycles. The van der Waals surface area contributed by atoms with Gasteiger partial charge in [-0.05, 0) is 18.8 Å². The standard InChI is InChI=1S/C11H19NO2/c1-11(2)7-12(6-9(11)13)10(14)5-8-3-4-8/h8-9,13H,3-7H2,1-2H3. The summed E-state index contributed by atoms with van der Waals surface area (Å²) in [5.74, 6) is 0.875. The predicted molar refractivity (Wildman–Crippen MR) is 53.7 cm³/mol. The van der Waals surface area contributed by atoms with Gasteiger partial charge in [-0.25, -0.2) is 0 Å². The molecule has 0 aromatic carbocycles. The van der Waals surface area contributed by atoms with Gasteiger partial charge in [0.05, 0.1) is 6.10 Å². The van der Waals surface area contributed by atoms with Crippen LogP contribution in [-0.2, 0) is 4.79 Å². The number of rotatable bonds is 2. The van der Waals surface area contributed by atoms with Crippen LogP contribution in [0.15, 0.2) is 0 Å². The van der Waals surface area contributed by atoms with E-state index in [1.807, 2.05) is 18.7 Å². The van der Waals surface area contributed by atoms with Gasteiger partial charge < -0.3 is 10.0 Å². The maximum Gasteiger partial charge on any atom is 0.222 e. The highest BCUT2D eigenvalue weighted by Crippen LogP contribution is 2.35. The van der Waals surface area contributed by atoms with Gasteiger partial charge in [0, 0.05) is 24.9 Å². The van der Waals surface area contributed by atoms with E-state index in [1.165, 1.54) is 12.8 Å². The van der Waals surface area contributed by atoms with Crippen LogP contribution in [0, 0.1) is 11.3 Å². The highest BCUT2D eigenvalue weighted by Gasteiger charge is 2.40. The molecule has 0 bridgehead atoms. The van der Waals surface area contributed by atoms with Gasteiger partial charge in [0.1, 0.15) is 0 Å². The molecule has 0 spiro atoms. The highest BCUT2D eigenvalue weighted by atomic mass is 16.3. The highest BCUT2D eigenvalue weighted by molar-refractivity contribution is 5.77. The van der Waals surface area contributed by atoms with E-state index in [0.29, 0.717) is 25.4 Å². The molecular formula is C11H19NO2. The molecule has 1 aliphatic carbocycles. The molecule has 1 amide bonds. The zero-order valence-corrected chi connectivity index (χ0v) is 8.99. The van der Waals surface area contributed by atoms with Crippen LogP contribution in [0.25, 0.3) is 0 Å². The van der Waals surface area contributed by atoms with Gasteiger partial charge in [-0.3, -0.25) is 4.79 Å². The molecular weight excluding hydrogens is 178 g/mol. The van der Waals surface area contributed by atoms with Crippen molar-refractivity contribution in [2.24, 2.45) is 11.3 Å². The van der Waals surface area contributed by atoms with Gasteiger partial charge in [0.25, 0.3) is 0 Å². The summed E-state index contributed by atoms with van der Waals surface area (Å²) >= 11 is 0. The first-order chi connectivity index (χ1) is 6.49. The minimum absolute atomic E-state index is 0.126. The number of hydrogen-bond donors (Lipinski definition) is 1. The monoisotopic (exact) mass is 197 g/mol. The second-order valence-corrected chi connectivity index (χ2v) is 5.43.